The molecular formula is C7H2BrF2NS. The smallest absolute Gasteiger partial charge is 0.187 e. The van der Waals surface area contributed by atoms with E-state index in [0.717, 1.165) is 0 Å². The van der Waals surface area contributed by atoms with Crippen LogP contribution in [0.15, 0.2) is 16.0 Å². The SMILES string of the molecule is Fc1c(Br)cc2scnc2c1F. The van der Waals surface area contributed by atoms with Gasteiger partial charge < -0.3 is 0 Å². The molecule has 1 aromatic carbocycles. The molecule has 1 aromatic heterocycles. The minimum absolute atomic E-state index is 0.0979. The van der Waals surface area contributed by atoms with E-state index in [0.29, 0.717) is 4.70 Å². The summed E-state index contributed by atoms with van der Waals surface area (Å²) < 4.78 is 26.7. The fourth-order valence-corrected chi connectivity index (χ4v) is 2.18. The summed E-state index contributed by atoms with van der Waals surface area (Å²) in [7, 11) is 0. The molecule has 0 aliphatic carbocycles. The Hall–Kier alpha value is -0.550. The van der Waals surface area contributed by atoms with Gasteiger partial charge in [0, 0.05) is 0 Å². The Morgan fingerprint density at radius 1 is 1.33 bits per heavy atom. The van der Waals surface area contributed by atoms with Crippen molar-refractivity contribution < 1.29 is 8.78 Å². The molecule has 0 aliphatic heterocycles. The molecule has 0 saturated carbocycles. The van der Waals surface area contributed by atoms with Crippen LogP contribution in [0, 0.1) is 11.6 Å². The summed E-state index contributed by atoms with van der Waals surface area (Å²) in [5.41, 5.74) is 1.58. The summed E-state index contributed by atoms with van der Waals surface area (Å²) in [6.45, 7) is 0. The lowest BCUT2D eigenvalue weighted by Gasteiger charge is -1.95. The molecule has 0 aliphatic rings. The number of benzene rings is 1. The van der Waals surface area contributed by atoms with Crippen LogP contribution >= 0.6 is 27.3 Å². The Balaban J connectivity index is 2.94. The first-order valence-electron chi connectivity index (χ1n) is 3.07. The van der Waals surface area contributed by atoms with Crippen LogP contribution in [0.25, 0.3) is 10.2 Å². The van der Waals surface area contributed by atoms with E-state index in [4.69, 9.17) is 0 Å². The van der Waals surface area contributed by atoms with E-state index < -0.39 is 11.6 Å². The average Bonchev–Trinajstić information content (AvgIpc) is 2.48. The van der Waals surface area contributed by atoms with Crippen LogP contribution in [0.1, 0.15) is 0 Å². The standard InChI is InChI=1S/C7H2BrF2NS/c8-3-1-4-7(11-2-12-4)6(10)5(3)9/h1-2H. The van der Waals surface area contributed by atoms with Gasteiger partial charge >= 0.3 is 0 Å². The van der Waals surface area contributed by atoms with Gasteiger partial charge in [-0.3, -0.25) is 0 Å². The Morgan fingerprint density at radius 2 is 2.08 bits per heavy atom. The summed E-state index contributed by atoms with van der Waals surface area (Å²) in [4.78, 5) is 3.70. The second-order valence-corrected chi connectivity index (χ2v) is 3.93. The topological polar surface area (TPSA) is 12.9 Å². The average molecular weight is 250 g/mol. The Kier molecular flexibility index (Phi) is 1.84. The van der Waals surface area contributed by atoms with Crippen LogP contribution in [0.5, 0.6) is 0 Å². The highest BCUT2D eigenvalue weighted by atomic mass is 79.9. The van der Waals surface area contributed by atoms with E-state index in [-0.39, 0.29) is 9.99 Å². The van der Waals surface area contributed by atoms with Crippen LogP contribution in [0.4, 0.5) is 8.78 Å². The Morgan fingerprint density at radius 3 is 2.83 bits per heavy atom. The predicted molar refractivity (Wildman–Crippen MR) is 47.2 cm³/mol. The molecule has 12 heavy (non-hydrogen) atoms. The fraction of sp³-hybridized carbons (Fsp3) is 0. The second kappa shape index (κ2) is 2.74. The summed E-state index contributed by atoms with van der Waals surface area (Å²) in [6, 6.07) is 1.52. The molecule has 2 aromatic rings. The summed E-state index contributed by atoms with van der Waals surface area (Å²) in [5, 5.41) is 0. The van der Waals surface area contributed by atoms with Gasteiger partial charge in [0.25, 0.3) is 0 Å². The first-order chi connectivity index (χ1) is 5.70. The Labute approximate surface area is 79.2 Å². The third-order valence-electron chi connectivity index (χ3n) is 1.46. The molecule has 2 rings (SSSR count). The van der Waals surface area contributed by atoms with Crippen LogP contribution in [0.2, 0.25) is 0 Å². The van der Waals surface area contributed by atoms with Gasteiger partial charge in [-0.05, 0) is 22.0 Å². The van der Waals surface area contributed by atoms with Gasteiger partial charge in [-0.15, -0.1) is 11.3 Å². The molecule has 0 bridgehead atoms. The van der Waals surface area contributed by atoms with Gasteiger partial charge in [0.15, 0.2) is 11.6 Å². The number of halogens is 3. The predicted octanol–water partition coefficient (Wildman–Crippen LogP) is 3.34. The molecule has 0 atom stereocenters. The van der Waals surface area contributed by atoms with E-state index in [1.807, 2.05) is 0 Å². The molecule has 0 spiro atoms. The maximum Gasteiger partial charge on any atom is 0.187 e. The minimum Gasteiger partial charge on any atom is -0.241 e. The molecule has 0 fully saturated rings. The van der Waals surface area contributed by atoms with Crippen LogP contribution in [-0.4, -0.2) is 4.98 Å². The van der Waals surface area contributed by atoms with Gasteiger partial charge in [0.05, 0.1) is 14.7 Å². The number of hydrogen-bond acceptors (Lipinski definition) is 2. The van der Waals surface area contributed by atoms with Crippen molar-refractivity contribution in [2.75, 3.05) is 0 Å². The zero-order valence-corrected chi connectivity index (χ0v) is 8.05. The monoisotopic (exact) mass is 249 g/mol. The lowest BCUT2D eigenvalue weighted by molar-refractivity contribution is 0.511. The van der Waals surface area contributed by atoms with Gasteiger partial charge in [0.1, 0.15) is 5.52 Å². The van der Waals surface area contributed by atoms with Crippen LogP contribution < -0.4 is 0 Å². The van der Waals surface area contributed by atoms with Gasteiger partial charge in [-0.2, -0.15) is 0 Å². The van der Waals surface area contributed by atoms with Crippen molar-refractivity contribution in [2.24, 2.45) is 0 Å². The zero-order valence-electron chi connectivity index (χ0n) is 5.64. The third kappa shape index (κ3) is 1.04. The van der Waals surface area contributed by atoms with Crippen molar-refractivity contribution >= 4 is 37.5 Å². The van der Waals surface area contributed by atoms with Gasteiger partial charge in [-0.1, -0.05) is 0 Å². The molecular weight excluding hydrogens is 248 g/mol. The molecule has 1 heterocycles. The van der Waals surface area contributed by atoms with Crippen molar-refractivity contribution in [1.29, 1.82) is 0 Å². The molecule has 5 heteroatoms. The minimum atomic E-state index is -0.888. The first kappa shape index (κ1) is 8.07. The molecule has 0 amide bonds. The third-order valence-corrected chi connectivity index (χ3v) is 2.82. The molecule has 0 saturated heterocycles. The highest BCUT2D eigenvalue weighted by molar-refractivity contribution is 9.10. The number of thiazole rings is 1. The van der Waals surface area contributed by atoms with Crippen molar-refractivity contribution in [3.05, 3.63) is 27.7 Å². The van der Waals surface area contributed by atoms with Gasteiger partial charge in [0.2, 0.25) is 0 Å². The van der Waals surface area contributed by atoms with Crippen LogP contribution in [0.3, 0.4) is 0 Å². The molecule has 0 radical (unpaired) electrons. The number of aromatic nitrogens is 1. The summed E-state index contributed by atoms with van der Waals surface area (Å²) in [5.74, 6) is -1.77. The van der Waals surface area contributed by atoms with E-state index in [9.17, 15) is 8.78 Å². The van der Waals surface area contributed by atoms with E-state index in [1.54, 1.807) is 0 Å². The van der Waals surface area contributed by atoms with Crippen molar-refractivity contribution in [1.82, 2.24) is 4.98 Å². The molecule has 1 nitrogen and oxygen atoms in total. The largest absolute Gasteiger partial charge is 0.241 e. The highest BCUT2D eigenvalue weighted by Gasteiger charge is 2.13. The quantitative estimate of drug-likeness (QED) is 0.653. The summed E-state index contributed by atoms with van der Waals surface area (Å²) >= 11 is 4.19. The number of rotatable bonds is 0. The first-order valence-corrected chi connectivity index (χ1v) is 4.74. The van der Waals surface area contributed by atoms with E-state index in [2.05, 4.69) is 20.9 Å². The maximum absolute atomic E-state index is 13.0. The Bertz CT molecular complexity index is 440. The fourth-order valence-electron chi connectivity index (χ4n) is 0.910. The second-order valence-electron chi connectivity index (χ2n) is 2.19. The van der Waals surface area contributed by atoms with Crippen molar-refractivity contribution in [3.63, 3.8) is 0 Å². The zero-order chi connectivity index (χ0) is 8.72. The normalized spacial score (nSPS) is 10.9. The van der Waals surface area contributed by atoms with Crippen molar-refractivity contribution in [3.8, 4) is 0 Å². The number of hydrogen-bond donors (Lipinski definition) is 0. The van der Waals surface area contributed by atoms with Crippen molar-refractivity contribution in [2.45, 2.75) is 0 Å². The van der Waals surface area contributed by atoms with Gasteiger partial charge in [-0.25, -0.2) is 13.8 Å². The molecule has 0 unspecified atom stereocenters. The summed E-state index contributed by atoms with van der Waals surface area (Å²) in [6.07, 6.45) is 0. The van der Waals surface area contributed by atoms with E-state index >= 15 is 0 Å². The maximum atomic E-state index is 13.0. The lowest BCUT2D eigenvalue weighted by Crippen LogP contribution is -1.86. The highest BCUT2D eigenvalue weighted by Crippen LogP contribution is 2.28. The molecule has 0 N–H and O–H groups in total. The van der Waals surface area contributed by atoms with E-state index in [1.165, 1.54) is 22.9 Å². The lowest BCUT2D eigenvalue weighted by atomic mass is 10.3. The molecule has 62 valence electrons. The number of nitrogens with zero attached hydrogens (tertiary/aromatic N) is 1. The number of fused-ring (bicyclic) bond motifs is 1. The van der Waals surface area contributed by atoms with Crippen LogP contribution in [-0.2, 0) is 0 Å².